The van der Waals surface area contributed by atoms with Gasteiger partial charge in [-0.05, 0) is 29.8 Å². The first-order valence-electron chi connectivity index (χ1n) is 9.78. The number of carbonyl (C=O) groups is 1. The summed E-state index contributed by atoms with van der Waals surface area (Å²) in [5.41, 5.74) is 3.21. The molecule has 1 aromatic heterocycles. The van der Waals surface area contributed by atoms with Crippen molar-refractivity contribution in [1.82, 2.24) is 4.98 Å². The highest BCUT2D eigenvalue weighted by Crippen LogP contribution is 2.31. The number of nitrogens with zero attached hydrogens (tertiary/aromatic N) is 2. The molecule has 0 amide bonds. The van der Waals surface area contributed by atoms with Crippen molar-refractivity contribution in [1.29, 1.82) is 5.26 Å². The number of nitrogens with one attached hydrogen (secondary N) is 1. The summed E-state index contributed by atoms with van der Waals surface area (Å²) in [6, 6.07) is 23.5. The van der Waals surface area contributed by atoms with Gasteiger partial charge in [0.1, 0.15) is 16.6 Å². The van der Waals surface area contributed by atoms with Crippen LogP contribution in [0.4, 0.5) is 5.69 Å². The van der Waals surface area contributed by atoms with E-state index in [9.17, 15) is 10.1 Å². The summed E-state index contributed by atoms with van der Waals surface area (Å²) >= 11 is 1.41. The van der Waals surface area contributed by atoms with Gasteiger partial charge in [0.25, 0.3) is 0 Å². The van der Waals surface area contributed by atoms with Crippen molar-refractivity contribution < 1.29 is 9.53 Å². The normalized spacial score (nSPS) is 11.2. The van der Waals surface area contributed by atoms with Gasteiger partial charge in [-0.25, -0.2) is 9.78 Å². The lowest BCUT2D eigenvalue weighted by Gasteiger charge is -2.08. The van der Waals surface area contributed by atoms with E-state index < -0.39 is 5.97 Å². The maximum absolute atomic E-state index is 12.2. The van der Waals surface area contributed by atoms with Crippen LogP contribution in [0.1, 0.15) is 22.3 Å². The van der Waals surface area contributed by atoms with Crippen LogP contribution in [0.15, 0.2) is 78.3 Å². The molecule has 0 saturated heterocycles. The molecule has 4 aromatic rings. The number of anilines is 1. The summed E-state index contributed by atoms with van der Waals surface area (Å²) in [5.74, 6) is -0.412. The van der Waals surface area contributed by atoms with E-state index in [0.717, 1.165) is 22.0 Å². The second kappa shape index (κ2) is 9.24. The van der Waals surface area contributed by atoms with E-state index in [-0.39, 0.29) is 0 Å². The molecule has 0 atom stereocenters. The molecular formula is C25H19N3O2S. The Morgan fingerprint density at radius 1 is 1.13 bits per heavy atom. The van der Waals surface area contributed by atoms with Gasteiger partial charge in [-0.1, -0.05) is 54.6 Å². The van der Waals surface area contributed by atoms with Crippen LogP contribution < -0.4 is 5.32 Å². The second-order valence-electron chi connectivity index (χ2n) is 6.64. The van der Waals surface area contributed by atoms with Gasteiger partial charge in [-0.2, -0.15) is 5.26 Å². The van der Waals surface area contributed by atoms with E-state index >= 15 is 0 Å². The smallest absolute Gasteiger partial charge is 0.340 e. The lowest BCUT2D eigenvalue weighted by molar-refractivity contribution is 0.0527. The zero-order valence-electron chi connectivity index (χ0n) is 16.8. The number of carbonyl (C=O) groups excluding carboxylic acids is 1. The molecule has 152 valence electrons. The van der Waals surface area contributed by atoms with E-state index in [1.165, 1.54) is 11.3 Å². The Kier molecular flexibility index (Phi) is 6.06. The van der Waals surface area contributed by atoms with E-state index in [1.807, 2.05) is 35.7 Å². The van der Waals surface area contributed by atoms with Crippen LogP contribution in [0.3, 0.4) is 0 Å². The van der Waals surface area contributed by atoms with Crippen molar-refractivity contribution in [3.63, 3.8) is 0 Å². The molecule has 1 N–H and O–H groups in total. The summed E-state index contributed by atoms with van der Waals surface area (Å²) in [4.78, 5) is 16.9. The van der Waals surface area contributed by atoms with Crippen LogP contribution >= 0.6 is 11.3 Å². The average Bonchev–Trinajstić information content (AvgIpc) is 3.29. The van der Waals surface area contributed by atoms with Gasteiger partial charge in [0.2, 0.25) is 0 Å². The third kappa shape index (κ3) is 4.32. The number of para-hydroxylation sites is 1. The maximum Gasteiger partial charge on any atom is 0.340 e. The van der Waals surface area contributed by atoms with Gasteiger partial charge in [-0.3, -0.25) is 0 Å². The van der Waals surface area contributed by atoms with Crippen LogP contribution in [0, 0.1) is 11.3 Å². The van der Waals surface area contributed by atoms with Gasteiger partial charge >= 0.3 is 5.97 Å². The van der Waals surface area contributed by atoms with Gasteiger partial charge in [0, 0.05) is 17.1 Å². The molecule has 1 heterocycles. The van der Waals surface area contributed by atoms with Crippen molar-refractivity contribution in [2.75, 3.05) is 11.9 Å². The third-order valence-corrected chi connectivity index (χ3v) is 5.59. The molecule has 4 rings (SSSR count). The summed E-state index contributed by atoms with van der Waals surface area (Å²) in [6.45, 7) is 2.06. The number of thiazole rings is 1. The van der Waals surface area contributed by atoms with E-state index in [0.29, 0.717) is 28.4 Å². The van der Waals surface area contributed by atoms with Crippen molar-refractivity contribution in [2.45, 2.75) is 6.92 Å². The van der Waals surface area contributed by atoms with Gasteiger partial charge in [0.05, 0.1) is 23.6 Å². The Hall–Kier alpha value is -3.95. The molecule has 31 heavy (non-hydrogen) atoms. The molecule has 0 saturated carbocycles. The predicted octanol–water partition coefficient (Wildman–Crippen LogP) is 6.12. The minimum Gasteiger partial charge on any atom is -0.462 e. The highest BCUT2D eigenvalue weighted by atomic mass is 32.1. The number of nitriles is 1. The number of allylic oxidation sites excluding steroid dienone is 1. The number of rotatable bonds is 6. The first kappa shape index (κ1) is 20.3. The van der Waals surface area contributed by atoms with Crippen LogP contribution in [-0.4, -0.2) is 17.6 Å². The first-order valence-corrected chi connectivity index (χ1v) is 10.7. The highest BCUT2D eigenvalue weighted by Gasteiger charge is 2.13. The minimum atomic E-state index is -0.412. The first-order chi connectivity index (χ1) is 15.2. The van der Waals surface area contributed by atoms with E-state index in [4.69, 9.17) is 9.72 Å². The molecule has 0 aliphatic rings. The van der Waals surface area contributed by atoms with Crippen molar-refractivity contribution in [3.05, 3.63) is 88.9 Å². The van der Waals surface area contributed by atoms with Gasteiger partial charge < -0.3 is 10.1 Å². The maximum atomic E-state index is 12.2. The lowest BCUT2D eigenvalue weighted by atomic mass is 10.0. The predicted molar refractivity (Wildman–Crippen MR) is 125 cm³/mol. The number of benzene rings is 3. The fourth-order valence-electron chi connectivity index (χ4n) is 3.26. The Balaban J connectivity index is 1.63. The number of fused-ring (bicyclic) bond motifs is 1. The summed E-state index contributed by atoms with van der Waals surface area (Å²) in [5, 5.41) is 17.6. The van der Waals surface area contributed by atoms with Crippen LogP contribution in [0.2, 0.25) is 0 Å². The number of hydrogen-bond acceptors (Lipinski definition) is 6. The van der Waals surface area contributed by atoms with Crippen molar-refractivity contribution in [3.8, 4) is 17.3 Å². The molecule has 0 aliphatic heterocycles. The lowest BCUT2D eigenvalue weighted by Crippen LogP contribution is -2.07. The molecule has 0 radical (unpaired) electrons. The second-order valence-corrected chi connectivity index (χ2v) is 7.50. The van der Waals surface area contributed by atoms with Gasteiger partial charge in [-0.15, -0.1) is 11.3 Å². The fraction of sp³-hybridized carbons (Fsp3) is 0.0800. The quantitative estimate of drug-likeness (QED) is 0.298. The van der Waals surface area contributed by atoms with Crippen LogP contribution in [-0.2, 0) is 4.74 Å². The number of esters is 1. The Morgan fingerprint density at radius 2 is 1.90 bits per heavy atom. The zero-order valence-corrected chi connectivity index (χ0v) is 17.6. The number of hydrogen-bond donors (Lipinski definition) is 1. The molecule has 0 spiro atoms. The molecule has 3 aromatic carbocycles. The van der Waals surface area contributed by atoms with Crippen molar-refractivity contribution >= 4 is 39.3 Å². The topological polar surface area (TPSA) is 75.0 Å². The summed E-state index contributed by atoms with van der Waals surface area (Å²) < 4.78 is 5.10. The standard InChI is InChI=1S/C25H19N3O2S/c1-2-30-25(29)21-11-5-6-13-22(21)27-15-18(14-26)24-28-23(16-31-24)20-12-7-9-17-8-3-4-10-19(17)20/h3-13,15-16,27H,2H2,1H3. The SMILES string of the molecule is CCOC(=O)c1ccccc1NC=C(C#N)c1nc(-c2cccc3ccccc23)cs1. The summed E-state index contributed by atoms with van der Waals surface area (Å²) in [6.07, 6.45) is 1.57. The third-order valence-electron chi connectivity index (χ3n) is 4.72. The van der Waals surface area contributed by atoms with Crippen molar-refractivity contribution in [2.24, 2.45) is 0 Å². The Bertz CT molecular complexity index is 1310. The molecule has 0 fully saturated rings. The van der Waals surface area contributed by atoms with Gasteiger partial charge in [0.15, 0.2) is 0 Å². The molecule has 5 nitrogen and oxygen atoms in total. The van der Waals surface area contributed by atoms with Crippen LogP contribution in [0.5, 0.6) is 0 Å². The Labute approximate surface area is 184 Å². The largest absolute Gasteiger partial charge is 0.462 e. The molecule has 0 bridgehead atoms. The average molecular weight is 426 g/mol. The number of aromatic nitrogens is 1. The number of ether oxygens (including phenoxy) is 1. The van der Waals surface area contributed by atoms with E-state index in [1.54, 1.807) is 31.3 Å². The fourth-order valence-corrected chi connectivity index (χ4v) is 4.04. The van der Waals surface area contributed by atoms with E-state index in [2.05, 4.69) is 29.6 Å². The highest BCUT2D eigenvalue weighted by molar-refractivity contribution is 7.11. The monoisotopic (exact) mass is 425 g/mol. The zero-order chi connectivity index (χ0) is 21.6. The minimum absolute atomic E-state index is 0.294. The van der Waals surface area contributed by atoms with Crippen LogP contribution in [0.25, 0.3) is 27.6 Å². The molecule has 0 aliphatic carbocycles. The summed E-state index contributed by atoms with van der Waals surface area (Å²) in [7, 11) is 0. The Morgan fingerprint density at radius 3 is 2.74 bits per heavy atom. The molecule has 6 heteroatoms. The molecule has 0 unspecified atom stereocenters. The molecular weight excluding hydrogens is 406 g/mol.